The number of hydrogen-bond acceptors (Lipinski definition) is 2. The number of H-pyrrole nitrogens is 1. The number of aromatic nitrogens is 2. The third kappa shape index (κ3) is 3.25. The lowest BCUT2D eigenvalue weighted by atomic mass is 9.95. The predicted octanol–water partition coefficient (Wildman–Crippen LogP) is 3.65. The SMILES string of the molecule is Cc1n[nH]c(C)c1CNC(c1ccc(F)cc1)C(C)C. The summed E-state index contributed by atoms with van der Waals surface area (Å²) in [5.74, 6) is 0.228. The van der Waals surface area contributed by atoms with Gasteiger partial charge in [-0.05, 0) is 37.5 Å². The molecule has 0 saturated carbocycles. The second-order valence-electron chi connectivity index (χ2n) is 5.57. The Hall–Kier alpha value is -1.68. The number of hydrogen-bond donors (Lipinski definition) is 2. The topological polar surface area (TPSA) is 40.7 Å². The first-order chi connectivity index (χ1) is 9.49. The van der Waals surface area contributed by atoms with Gasteiger partial charge in [-0.15, -0.1) is 0 Å². The van der Waals surface area contributed by atoms with Crippen molar-refractivity contribution in [3.8, 4) is 0 Å². The van der Waals surface area contributed by atoms with E-state index in [1.807, 2.05) is 26.0 Å². The first kappa shape index (κ1) is 14.7. The molecule has 4 heteroatoms. The molecule has 0 aliphatic heterocycles. The Bertz CT molecular complexity index is 538. The maximum Gasteiger partial charge on any atom is 0.123 e. The van der Waals surface area contributed by atoms with Gasteiger partial charge in [0.05, 0.1) is 5.69 Å². The van der Waals surface area contributed by atoms with E-state index in [9.17, 15) is 4.39 Å². The van der Waals surface area contributed by atoms with Gasteiger partial charge in [0.15, 0.2) is 0 Å². The summed E-state index contributed by atoms with van der Waals surface area (Å²) in [6.45, 7) is 9.11. The summed E-state index contributed by atoms with van der Waals surface area (Å²) in [5.41, 5.74) is 4.44. The number of nitrogens with zero attached hydrogens (tertiary/aromatic N) is 1. The number of benzene rings is 1. The zero-order valence-corrected chi connectivity index (χ0v) is 12.5. The van der Waals surface area contributed by atoms with E-state index in [-0.39, 0.29) is 11.9 Å². The Labute approximate surface area is 119 Å². The van der Waals surface area contributed by atoms with E-state index in [0.717, 1.165) is 23.5 Å². The Morgan fingerprint density at radius 1 is 1.20 bits per heavy atom. The average Bonchev–Trinajstić information content (AvgIpc) is 2.72. The molecule has 0 spiro atoms. The van der Waals surface area contributed by atoms with E-state index in [0.29, 0.717) is 5.92 Å². The molecule has 2 aromatic rings. The van der Waals surface area contributed by atoms with E-state index in [2.05, 4.69) is 29.4 Å². The van der Waals surface area contributed by atoms with Gasteiger partial charge in [0, 0.05) is 23.8 Å². The van der Waals surface area contributed by atoms with Crippen LogP contribution < -0.4 is 5.32 Å². The fourth-order valence-electron chi connectivity index (χ4n) is 2.46. The van der Waals surface area contributed by atoms with Crippen LogP contribution in [0.15, 0.2) is 24.3 Å². The smallest absolute Gasteiger partial charge is 0.123 e. The van der Waals surface area contributed by atoms with Gasteiger partial charge in [-0.2, -0.15) is 5.10 Å². The van der Waals surface area contributed by atoms with Crippen LogP contribution in [0.3, 0.4) is 0 Å². The molecule has 0 bridgehead atoms. The molecule has 0 amide bonds. The molecule has 0 aliphatic carbocycles. The standard InChI is InChI=1S/C16H22FN3/c1-10(2)16(13-5-7-14(17)8-6-13)18-9-15-11(3)19-20-12(15)4/h5-8,10,16,18H,9H2,1-4H3,(H,19,20). The molecule has 3 nitrogen and oxygen atoms in total. The summed E-state index contributed by atoms with van der Waals surface area (Å²) in [6.07, 6.45) is 0. The van der Waals surface area contributed by atoms with Crippen molar-refractivity contribution in [3.63, 3.8) is 0 Å². The van der Waals surface area contributed by atoms with Crippen molar-refractivity contribution in [2.45, 2.75) is 40.3 Å². The molecule has 20 heavy (non-hydrogen) atoms. The highest BCUT2D eigenvalue weighted by Crippen LogP contribution is 2.23. The van der Waals surface area contributed by atoms with Gasteiger partial charge in [0.25, 0.3) is 0 Å². The average molecular weight is 275 g/mol. The van der Waals surface area contributed by atoms with E-state index >= 15 is 0 Å². The Morgan fingerprint density at radius 2 is 1.85 bits per heavy atom. The molecular weight excluding hydrogens is 253 g/mol. The van der Waals surface area contributed by atoms with Gasteiger partial charge in [-0.1, -0.05) is 26.0 Å². The number of aryl methyl sites for hydroxylation is 2. The van der Waals surface area contributed by atoms with Crippen LogP contribution in [-0.4, -0.2) is 10.2 Å². The lowest BCUT2D eigenvalue weighted by Crippen LogP contribution is -2.25. The third-order valence-corrected chi connectivity index (χ3v) is 3.68. The molecule has 0 fully saturated rings. The van der Waals surface area contributed by atoms with Gasteiger partial charge in [-0.25, -0.2) is 4.39 Å². The van der Waals surface area contributed by atoms with E-state index < -0.39 is 0 Å². The fraction of sp³-hybridized carbons (Fsp3) is 0.438. The molecule has 1 aromatic carbocycles. The van der Waals surface area contributed by atoms with Crippen LogP contribution in [0.5, 0.6) is 0 Å². The second kappa shape index (κ2) is 6.18. The van der Waals surface area contributed by atoms with E-state index in [1.54, 1.807) is 0 Å². The number of aromatic amines is 1. The molecule has 2 N–H and O–H groups in total. The summed E-state index contributed by atoms with van der Waals surface area (Å²) < 4.78 is 13.0. The van der Waals surface area contributed by atoms with Crippen molar-refractivity contribution in [2.24, 2.45) is 5.92 Å². The molecule has 1 atom stereocenters. The number of nitrogens with one attached hydrogen (secondary N) is 2. The van der Waals surface area contributed by atoms with Crippen molar-refractivity contribution >= 4 is 0 Å². The van der Waals surface area contributed by atoms with Crippen molar-refractivity contribution in [1.82, 2.24) is 15.5 Å². The Balaban J connectivity index is 2.12. The largest absolute Gasteiger partial charge is 0.305 e. The summed E-state index contributed by atoms with van der Waals surface area (Å²) in [6, 6.07) is 6.93. The third-order valence-electron chi connectivity index (χ3n) is 3.68. The molecule has 1 aromatic heterocycles. The maximum atomic E-state index is 13.0. The summed E-state index contributed by atoms with van der Waals surface area (Å²) in [5, 5.41) is 10.8. The summed E-state index contributed by atoms with van der Waals surface area (Å²) in [4.78, 5) is 0. The molecule has 0 radical (unpaired) electrons. The number of rotatable bonds is 5. The minimum atomic E-state index is -0.197. The zero-order valence-electron chi connectivity index (χ0n) is 12.5. The van der Waals surface area contributed by atoms with Gasteiger partial charge >= 0.3 is 0 Å². The van der Waals surface area contributed by atoms with Crippen LogP contribution in [-0.2, 0) is 6.54 Å². The van der Waals surface area contributed by atoms with Crippen molar-refractivity contribution in [3.05, 3.63) is 52.6 Å². The van der Waals surface area contributed by atoms with Crippen molar-refractivity contribution in [1.29, 1.82) is 0 Å². The maximum absolute atomic E-state index is 13.0. The molecule has 0 saturated heterocycles. The van der Waals surface area contributed by atoms with E-state index in [4.69, 9.17) is 0 Å². The minimum Gasteiger partial charge on any atom is -0.305 e. The van der Waals surface area contributed by atoms with Crippen molar-refractivity contribution in [2.75, 3.05) is 0 Å². The normalized spacial score (nSPS) is 12.9. The first-order valence-electron chi connectivity index (χ1n) is 6.98. The molecule has 0 aliphatic rings. The predicted molar refractivity (Wildman–Crippen MR) is 78.9 cm³/mol. The highest BCUT2D eigenvalue weighted by Gasteiger charge is 2.16. The Kier molecular flexibility index (Phi) is 4.55. The van der Waals surface area contributed by atoms with Gasteiger partial charge in [-0.3, -0.25) is 5.10 Å². The highest BCUT2D eigenvalue weighted by molar-refractivity contribution is 5.24. The van der Waals surface area contributed by atoms with Crippen LogP contribution in [0, 0.1) is 25.6 Å². The summed E-state index contributed by atoms with van der Waals surface area (Å²) in [7, 11) is 0. The van der Waals surface area contributed by atoms with Crippen LogP contribution in [0.25, 0.3) is 0 Å². The molecule has 1 heterocycles. The van der Waals surface area contributed by atoms with Crippen LogP contribution >= 0.6 is 0 Å². The second-order valence-corrected chi connectivity index (χ2v) is 5.57. The molecule has 2 rings (SSSR count). The Morgan fingerprint density at radius 3 is 2.35 bits per heavy atom. The van der Waals surface area contributed by atoms with Crippen LogP contribution in [0.1, 0.15) is 42.4 Å². The van der Waals surface area contributed by atoms with Crippen LogP contribution in [0.4, 0.5) is 4.39 Å². The molecule has 1 unspecified atom stereocenters. The monoisotopic (exact) mass is 275 g/mol. The van der Waals surface area contributed by atoms with Gasteiger partial charge in [0.1, 0.15) is 5.82 Å². The molecule has 108 valence electrons. The quantitative estimate of drug-likeness (QED) is 0.874. The zero-order chi connectivity index (χ0) is 14.7. The molecular formula is C16H22FN3. The first-order valence-corrected chi connectivity index (χ1v) is 6.98. The number of halogens is 1. The minimum absolute atomic E-state index is 0.197. The lowest BCUT2D eigenvalue weighted by molar-refractivity contribution is 0.409. The lowest BCUT2D eigenvalue weighted by Gasteiger charge is -2.23. The van der Waals surface area contributed by atoms with Crippen LogP contribution in [0.2, 0.25) is 0 Å². The van der Waals surface area contributed by atoms with E-state index in [1.165, 1.54) is 17.7 Å². The highest BCUT2D eigenvalue weighted by atomic mass is 19.1. The van der Waals surface area contributed by atoms with Crippen molar-refractivity contribution < 1.29 is 4.39 Å². The fourth-order valence-corrected chi connectivity index (χ4v) is 2.46. The van der Waals surface area contributed by atoms with Gasteiger partial charge in [0.2, 0.25) is 0 Å². The summed E-state index contributed by atoms with van der Waals surface area (Å²) >= 11 is 0. The van der Waals surface area contributed by atoms with Gasteiger partial charge < -0.3 is 5.32 Å².